The zero-order valence-corrected chi connectivity index (χ0v) is 25.9. The predicted octanol–water partition coefficient (Wildman–Crippen LogP) is 2.36. The van der Waals surface area contributed by atoms with Crippen LogP contribution in [-0.4, -0.2) is 17.3 Å². The van der Waals surface area contributed by atoms with Gasteiger partial charge in [-0.15, -0.1) is 6.07 Å². The van der Waals surface area contributed by atoms with E-state index in [1.165, 1.54) is 0 Å². The molecule has 0 amide bonds. The van der Waals surface area contributed by atoms with Gasteiger partial charge in [0, 0.05) is 12.7 Å². The van der Waals surface area contributed by atoms with E-state index in [2.05, 4.69) is 6.07 Å². The average molecular weight is 821 g/mol. The number of aliphatic hydroxyl groups excluding tert-OH is 2. The Bertz CT molecular complexity index is 782. The van der Waals surface area contributed by atoms with Gasteiger partial charge in [-0.1, -0.05) is 35.7 Å². The predicted molar refractivity (Wildman–Crippen MR) is 80.8 cm³/mol. The Morgan fingerprint density at radius 3 is 2.35 bits per heavy atom. The van der Waals surface area contributed by atoms with Gasteiger partial charge >= 0.3 is 5.63 Å². The molecule has 23 heavy (non-hydrogen) atoms. The van der Waals surface area contributed by atoms with Crippen LogP contribution < -0.4 is 5.63 Å². The first kappa shape index (κ1) is 18.6. The number of benzene rings is 2. The van der Waals surface area contributed by atoms with Crippen LogP contribution in [0.2, 0.25) is 0 Å². The molecular formula is C17H15O4Sg2-. The second kappa shape index (κ2) is 7.99. The molecular weight excluding hydrogens is 806 g/mol. The maximum absolute atomic E-state index is 12.0. The van der Waals surface area contributed by atoms with E-state index in [9.17, 15) is 4.79 Å². The molecule has 6 heteroatoms. The van der Waals surface area contributed by atoms with E-state index >= 15 is 0 Å². The SMILES string of the molecule is CO.O=c1oc2cc[c-]cc2cc1-c1ccc(CO)cc1.[Sg].[Sg]. The Balaban J connectivity index is 0.00000117. The number of fused-ring (bicyclic) bond motifs is 1. The minimum absolute atomic E-state index is 0. The van der Waals surface area contributed by atoms with E-state index in [0.717, 1.165) is 23.6 Å². The summed E-state index contributed by atoms with van der Waals surface area (Å²) in [6.07, 6.45) is 0. The maximum Gasteiger partial charge on any atom is 0.341 e. The molecule has 0 fully saturated rings. The molecule has 0 saturated carbocycles. The van der Waals surface area contributed by atoms with Crippen molar-refractivity contribution in [1.29, 1.82) is 0 Å². The molecule has 3 aromatic rings. The fourth-order valence-corrected chi connectivity index (χ4v) is 1.99. The molecule has 0 aliphatic carbocycles. The molecule has 0 aliphatic heterocycles. The molecule has 2 aromatic carbocycles. The van der Waals surface area contributed by atoms with Crippen LogP contribution in [-0.2, 0) is 6.61 Å². The van der Waals surface area contributed by atoms with E-state index in [-0.39, 0.29) is 12.2 Å². The maximum atomic E-state index is 12.0. The summed E-state index contributed by atoms with van der Waals surface area (Å²) >= 11 is 0. The molecule has 112 valence electrons. The topological polar surface area (TPSA) is 70.7 Å². The Morgan fingerprint density at radius 1 is 1.09 bits per heavy atom. The zero-order valence-electron chi connectivity index (χ0n) is 13.0. The van der Waals surface area contributed by atoms with Gasteiger partial charge in [0.1, 0.15) is 0 Å². The first-order valence-corrected chi connectivity index (χ1v) is 6.37. The monoisotopic (exact) mass is 825 g/mol. The van der Waals surface area contributed by atoms with Gasteiger partial charge in [0.15, 0.2) is 0 Å². The van der Waals surface area contributed by atoms with Crippen LogP contribution in [0, 0.1) is 6.07 Å². The van der Waals surface area contributed by atoms with Crippen LogP contribution in [0.3, 0.4) is 0 Å². The van der Waals surface area contributed by atoms with Crippen LogP contribution >= 0.6 is 0 Å². The van der Waals surface area contributed by atoms with E-state index in [1.54, 1.807) is 48.5 Å². The first-order valence-electron chi connectivity index (χ1n) is 6.37. The van der Waals surface area contributed by atoms with Gasteiger partial charge in [-0.3, -0.25) is 0 Å². The molecule has 0 saturated heterocycles. The van der Waals surface area contributed by atoms with Crippen LogP contribution in [0.4, 0.5) is 0 Å². The summed E-state index contributed by atoms with van der Waals surface area (Å²) < 4.78 is 5.28. The Kier molecular flexibility index (Phi) is 6.45. The molecule has 0 bridgehead atoms. The van der Waals surface area contributed by atoms with Crippen LogP contribution in [0.15, 0.2) is 57.7 Å². The van der Waals surface area contributed by atoms with Gasteiger partial charge in [0.2, 0.25) is 0 Å². The first-order chi connectivity index (χ1) is 10.3. The zero-order chi connectivity index (χ0) is 15.2. The van der Waals surface area contributed by atoms with Crippen molar-refractivity contribution in [1.82, 2.24) is 0 Å². The molecule has 0 spiro atoms. The van der Waals surface area contributed by atoms with Crippen molar-refractivity contribution >= 4 is 11.0 Å². The second-order valence-corrected chi connectivity index (χ2v) is 4.27. The molecule has 0 atom stereocenters. The van der Waals surface area contributed by atoms with Crippen LogP contribution in [0.5, 0.6) is 0 Å². The molecule has 3 rings (SSSR count). The largest absolute Gasteiger partial charge is 0.449 e. The smallest absolute Gasteiger partial charge is 0.341 e. The van der Waals surface area contributed by atoms with Gasteiger partial charge in [-0.2, -0.15) is 18.2 Å². The van der Waals surface area contributed by atoms with Gasteiger partial charge in [0.05, 0.1) is 12.2 Å². The van der Waals surface area contributed by atoms with Crippen molar-refractivity contribution in [2.45, 2.75) is 6.61 Å². The summed E-state index contributed by atoms with van der Waals surface area (Å²) in [4.78, 5) is 12.0. The van der Waals surface area contributed by atoms with Gasteiger partial charge in [-0.05, 0) is 11.1 Å². The van der Waals surface area contributed by atoms with Crippen molar-refractivity contribution in [2.24, 2.45) is 0 Å². The van der Waals surface area contributed by atoms with Crippen LogP contribution in [0.1, 0.15) is 5.56 Å². The summed E-state index contributed by atoms with van der Waals surface area (Å²) in [5, 5.41) is 16.8. The second-order valence-electron chi connectivity index (χ2n) is 4.27. The third-order valence-electron chi connectivity index (χ3n) is 3.02. The third kappa shape index (κ3) is 3.56. The van der Waals surface area contributed by atoms with E-state index in [1.807, 2.05) is 0 Å². The van der Waals surface area contributed by atoms with Gasteiger partial charge in [-0.25, -0.2) is 4.79 Å². The summed E-state index contributed by atoms with van der Waals surface area (Å²) in [6.45, 7) is -0.0123. The molecule has 1 aromatic heterocycles. The molecule has 1 heterocycles. The molecule has 0 aliphatic rings. The van der Waals surface area contributed by atoms with Gasteiger partial charge < -0.3 is 14.6 Å². The Labute approximate surface area is 121 Å². The van der Waals surface area contributed by atoms with Crippen LogP contribution in [0.25, 0.3) is 22.1 Å². The van der Waals surface area contributed by atoms with E-state index < -0.39 is 0 Å². The van der Waals surface area contributed by atoms with Gasteiger partial charge in [0.25, 0.3) is 0 Å². The summed E-state index contributed by atoms with van der Waals surface area (Å²) in [5.41, 5.74) is 2.28. The third-order valence-corrected chi connectivity index (χ3v) is 3.02. The summed E-state index contributed by atoms with van der Waals surface area (Å²) in [5.74, 6) is 0. The number of hydrogen-bond donors (Lipinski definition) is 2. The minimum Gasteiger partial charge on any atom is -0.449 e. The number of hydrogen-bond acceptors (Lipinski definition) is 4. The van der Waals surface area contributed by atoms with Crippen molar-refractivity contribution in [2.75, 3.05) is 7.11 Å². The normalized spacial score (nSPS) is 9.17. The summed E-state index contributed by atoms with van der Waals surface area (Å²) in [7, 11) is 1.00. The number of aliphatic hydroxyl groups is 2. The Hall–Kier alpha value is -4.43. The fraction of sp³-hybridized carbons (Fsp3) is 0.118. The van der Waals surface area contributed by atoms with Crippen molar-refractivity contribution in [3.63, 3.8) is 0 Å². The fourth-order valence-electron chi connectivity index (χ4n) is 1.99. The van der Waals surface area contributed by atoms with Crippen molar-refractivity contribution < 1.29 is 14.6 Å². The average Bonchev–Trinajstić information content (AvgIpc) is 2.56. The quantitative estimate of drug-likeness (QED) is 0.308. The minimum atomic E-state index is -0.365. The molecule has 0 radical (unpaired) electrons. The van der Waals surface area contributed by atoms with E-state index in [0.29, 0.717) is 11.1 Å². The standard InChI is InChI=1S/C16H11O3.CH4O.2Sg/c17-10-11-5-7-12(8-6-11)14-9-13-3-1-2-4-15(13)19-16(14)18;1-2;;/h2-9,17H,10H2;2H,1H3;;/q-1;;;. The summed E-state index contributed by atoms with van der Waals surface area (Å²) in [6, 6.07) is 17.1. The van der Waals surface area contributed by atoms with Crippen molar-refractivity contribution in [3.8, 4) is 11.1 Å². The molecule has 0 unspecified atom stereocenters. The number of rotatable bonds is 2. The Morgan fingerprint density at radius 2 is 1.74 bits per heavy atom. The van der Waals surface area contributed by atoms with Crippen molar-refractivity contribution in [3.05, 3.63) is 70.6 Å². The molecule has 2 N–H and O–H groups in total. The van der Waals surface area contributed by atoms with E-state index in [4.69, 9.17) is 14.6 Å². The molecule has 4 nitrogen and oxygen atoms in total.